The molecule has 0 spiro atoms. The number of phenolic OH excluding ortho intramolecular Hbond substituents is 1. The first kappa shape index (κ1) is 26.7. The van der Waals surface area contributed by atoms with Gasteiger partial charge in [0, 0.05) is 12.5 Å². The maximum absolute atomic E-state index is 12.8. The summed E-state index contributed by atoms with van der Waals surface area (Å²) in [6.07, 6.45) is 0.0475. The number of carboxylic acid groups (broad SMARTS) is 2. The van der Waals surface area contributed by atoms with E-state index in [0.717, 1.165) is 5.56 Å². The minimum atomic E-state index is -1.21. The summed E-state index contributed by atoms with van der Waals surface area (Å²) >= 11 is 0. The molecule has 0 heterocycles. The van der Waals surface area contributed by atoms with Gasteiger partial charge in [-0.3, -0.25) is 9.59 Å². The lowest BCUT2D eigenvalue weighted by Crippen LogP contribution is -2.52. The molecule has 0 saturated carbocycles. The van der Waals surface area contributed by atoms with Crippen molar-refractivity contribution in [2.24, 2.45) is 0 Å². The molecule has 0 aliphatic rings. The van der Waals surface area contributed by atoms with Crippen LogP contribution in [0.5, 0.6) is 11.5 Å². The Morgan fingerprint density at radius 2 is 1.71 bits per heavy atom. The molecule has 184 valence electrons. The topological polar surface area (TPSA) is 145 Å². The van der Waals surface area contributed by atoms with Gasteiger partial charge >= 0.3 is 11.9 Å². The molecule has 9 nitrogen and oxygen atoms in total. The Kier molecular flexibility index (Phi) is 9.44. The highest BCUT2D eigenvalue weighted by molar-refractivity contribution is 5.89. The van der Waals surface area contributed by atoms with Crippen molar-refractivity contribution in [3.8, 4) is 11.5 Å². The quantitative estimate of drug-likeness (QED) is 0.299. The Morgan fingerprint density at radius 1 is 1.03 bits per heavy atom. The molecule has 0 aliphatic heterocycles. The van der Waals surface area contributed by atoms with Gasteiger partial charge in [0.05, 0.1) is 19.6 Å². The largest absolute Gasteiger partial charge is 0.508 e. The van der Waals surface area contributed by atoms with E-state index in [1.807, 2.05) is 13.8 Å². The molecule has 9 heteroatoms. The van der Waals surface area contributed by atoms with Gasteiger partial charge in [0.1, 0.15) is 17.5 Å². The summed E-state index contributed by atoms with van der Waals surface area (Å²) in [5.41, 5.74) is 0.923. The number of phenols is 1. The summed E-state index contributed by atoms with van der Waals surface area (Å²) in [4.78, 5) is 35.8. The van der Waals surface area contributed by atoms with Crippen LogP contribution in [-0.4, -0.2) is 58.9 Å². The van der Waals surface area contributed by atoms with Crippen LogP contribution >= 0.6 is 0 Å². The molecule has 2 rings (SSSR count). The predicted octanol–water partition coefficient (Wildman–Crippen LogP) is 2.31. The lowest BCUT2D eigenvalue weighted by molar-refractivity contribution is -0.143. The van der Waals surface area contributed by atoms with Gasteiger partial charge in [-0.2, -0.15) is 0 Å². The highest BCUT2D eigenvalue weighted by Gasteiger charge is 2.29. The number of ether oxygens (including phenoxy) is 1. The van der Waals surface area contributed by atoms with Crippen molar-refractivity contribution in [1.29, 1.82) is 0 Å². The van der Waals surface area contributed by atoms with Crippen LogP contribution in [0.3, 0.4) is 0 Å². The van der Waals surface area contributed by atoms with E-state index in [1.54, 1.807) is 42.5 Å². The van der Waals surface area contributed by atoms with Crippen molar-refractivity contribution in [2.45, 2.75) is 50.6 Å². The van der Waals surface area contributed by atoms with Gasteiger partial charge in [-0.15, -0.1) is 0 Å². The summed E-state index contributed by atoms with van der Waals surface area (Å²) in [5, 5.41) is 34.5. The lowest BCUT2D eigenvalue weighted by Gasteiger charge is -2.28. The average molecular weight is 473 g/mol. The normalized spacial score (nSPS) is 13.0. The molecule has 0 bridgehead atoms. The fourth-order valence-corrected chi connectivity index (χ4v) is 3.66. The number of aliphatic carboxylic acids is 2. The van der Waals surface area contributed by atoms with E-state index < -0.39 is 41.8 Å². The highest BCUT2D eigenvalue weighted by Crippen LogP contribution is 2.35. The summed E-state index contributed by atoms with van der Waals surface area (Å²) in [7, 11) is 1.51. The summed E-state index contributed by atoms with van der Waals surface area (Å²) in [6, 6.07) is 11.6. The third-order valence-electron chi connectivity index (χ3n) is 5.67. The molecule has 0 aromatic heterocycles. The number of carboxylic acids is 2. The van der Waals surface area contributed by atoms with Gasteiger partial charge in [0.15, 0.2) is 0 Å². The molecule has 34 heavy (non-hydrogen) atoms. The van der Waals surface area contributed by atoms with Crippen molar-refractivity contribution in [2.75, 3.05) is 13.7 Å². The van der Waals surface area contributed by atoms with Gasteiger partial charge < -0.3 is 30.7 Å². The molecule has 0 saturated heterocycles. The van der Waals surface area contributed by atoms with Crippen molar-refractivity contribution >= 4 is 17.8 Å². The van der Waals surface area contributed by atoms with Crippen LogP contribution in [0.2, 0.25) is 0 Å². The second-order valence-corrected chi connectivity index (χ2v) is 8.71. The Bertz CT molecular complexity index is 992. The molecule has 0 fully saturated rings. The lowest BCUT2D eigenvalue weighted by atomic mass is 9.81. The Balaban J connectivity index is 2.04. The molecule has 5 N–H and O–H groups in total. The Hall–Kier alpha value is -3.59. The summed E-state index contributed by atoms with van der Waals surface area (Å²) in [5.74, 6) is -2.49. The first-order valence-corrected chi connectivity index (χ1v) is 10.9. The number of carbonyl (C=O) groups is 3. The number of aromatic hydroxyl groups is 1. The van der Waals surface area contributed by atoms with Crippen LogP contribution < -0.4 is 15.4 Å². The zero-order valence-corrected chi connectivity index (χ0v) is 19.6. The molecule has 0 unspecified atom stereocenters. The van der Waals surface area contributed by atoms with Gasteiger partial charge in [0.25, 0.3) is 0 Å². The smallest absolute Gasteiger partial charge is 0.326 e. The number of hydrogen-bond acceptors (Lipinski definition) is 6. The first-order chi connectivity index (χ1) is 16.0. The fraction of sp³-hybridized carbons (Fsp3) is 0.400. The van der Waals surface area contributed by atoms with E-state index in [4.69, 9.17) is 4.74 Å². The third-order valence-corrected chi connectivity index (χ3v) is 5.67. The molecule has 2 atom stereocenters. The minimum Gasteiger partial charge on any atom is -0.508 e. The number of nitrogens with one attached hydrogen (secondary N) is 2. The van der Waals surface area contributed by atoms with Crippen molar-refractivity contribution < 1.29 is 34.4 Å². The molecule has 0 aliphatic carbocycles. The van der Waals surface area contributed by atoms with E-state index in [-0.39, 0.29) is 18.7 Å². The van der Waals surface area contributed by atoms with Gasteiger partial charge in [-0.1, -0.05) is 50.2 Å². The maximum Gasteiger partial charge on any atom is 0.326 e. The van der Waals surface area contributed by atoms with E-state index in [9.17, 15) is 29.7 Å². The standard InChI is InChI=1S/C25H32N2O7/c1-25(2,18-10-9-17(34-3)14-21(18)28)11-12-26-19(15-22(29)30)23(31)27-20(24(32)33)13-16-7-5-4-6-8-16/h4-10,14,19-20,26,28H,11-13,15H2,1-3H3,(H,27,31)(H,29,30)(H,32,33)/t19-,20-/m0/s1. The third kappa shape index (κ3) is 7.77. The van der Waals surface area contributed by atoms with Crippen LogP contribution in [0.15, 0.2) is 48.5 Å². The van der Waals surface area contributed by atoms with Crippen LogP contribution in [0.25, 0.3) is 0 Å². The van der Waals surface area contributed by atoms with Crippen molar-refractivity contribution in [3.05, 3.63) is 59.7 Å². The van der Waals surface area contributed by atoms with Gasteiger partial charge in [-0.25, -0.2) is 4.79 Å². The van der Waals surface area contributed by atoms with Crippen LogP contribution in [-0.2, 0) is 26.2 Å². The zero-order chi connectivity index (χ0) is 25.3. The molecular weight excluding hydrogens is 440 g/mol. The van der Waals surface area contributed by atoms with E-state index in [2.05, 4.69) is 10.6 Å². The van der Waals surface area contributed by atoms with E-state index >= 15 is 0 Å². The molecule has 2 aromatic carbocycles. The molecular formula is C25H32N2O7. The average Bonchev–Trinajstić information content (AvgIpc) is 2.77. The second-order valence-electron chi connectivity index (χ2n) is 8.71. The van der Waals surface area contributed by atoms with Gasteiger partial charge in [0.2, 0.25) is 5.91 Å². The van der Waals surface area contributed by atoms with Crippen LogP contribution in [0, 0.1) is 0 Å². The Labute approximate surface area is 198 Å². The minimum absolute atomic E-state index is 0.0749. The monoisotopic (exact) mass is 472 g/mol. The number of hydrogen-bond donors (Lipinski definition) is 5. The number of amides is 1. The number of methoxy groups -OCH3 is 1. The van der Waals surface area contributed by atoms with Gasteiger partial charge in [-0.05, 0) is 35.6 Å². The summed E-state index contributed by atoms with van der Waals surface area (Å²) in [6.45, 7) is 4.10. The van der Waals surface area contributed by atoms with Crippen molar-refractivity contribution in [1.82, 2.24) is 10.6 Å². The van der Waals surface area contributed by atoms with Crippen LogP contribution in [0.4, 0.5) is 0 Å². The van der Waals surface area contributed by atoms with Crippen molar-refractivity contribution in [3.63, 3.8) is 0 Å². The second kappa shape index (κ2) is 12.0. The number of rotatable bonds is 13. The number of carbonyl (C=O) groups excluding carboxylic acids is 1. The molecule has 1 amide bonds. The maximum atomic E-state index is 12.8. The van der Waals surface area contributed by atoms with E-state index in [0.29, 0.717) is 17.7 Å². The zero-order valence-electron chi connectivity index (χ0n) is 19.6. The fourth-order valence-electron chi connectivity index (χ4n) is 3.66. The first-order valence-electron chi connectivity index (χ1n) is 10.9. The van der Waals surface area contributed by atoms with Crippen LogP contribution in [0.1, 0.15) is 37.8 Å². The summed E-state index contributed by atoms with van der Waals surface area (Å²) < 4.78 is 5.11. The SMILES string of the molecule is COc1ccc(C(C)(C)CCN[C@@H](CC(=O)O)C(=O)N[C@@H](Cc2ccccc2)C(=O)O)c(O)c1. The highest BCUT2D eigenvalue weighted by atomic mass is 16.5. The van der Waals surface area contributed by atoms with E-state index in [1.165, 1.54) is 13.2 Å². The molecule has 2 aromatic rings. The molecule has 0 radical (unpaired) electrons. The predicted molar refractivity (Wildman–Crippen MR) is 126 cm³/mol. The Morgan fingerprint density at radius 3 is 2.26 bits per heavy atom. The number of benzene rings is 2.